The van der Waals surface area contributed by atoms with Crippen molar-refractivity contribution in [2.24, 2.45) is 5.92 Å². The van der Waals surface area contributed by atoms with E-state index in [0.29, 0.717) is 37.3 Å². The van der Waals surface area contributed by atoms with Gasteiger partial charge in [-0.25, -0.2) is 4.79 Å². The summed E-state index contributed by atoms with van der Waals surface area (Å²) in [7, 11) is 1.63. The highest BCUT2D eigenvalue weighted by atomic mass is 16.5. The quantitative estimate of drug-likeness (QED) is 0.513. The first kappa shape index (κ1) is 23.9. The number of nitrogens with one attached hydrogen (secondary N) is 3. The van der Waals surface area contributed by atoms with E-state index in [2.05, 4.69) is 21.1 Å². The Kier molecular flexibility index (Phi) is 9.50. The average Bonchev–Trinajstić information content (AvgIpc) is 3.18. The molecule has 10 heteroatoms. The number of aryl methyl sites for hydroxylation is 1. The number of benzene rings is 1. The van der Waals surface area contributed by atoms with Crippen molar-refractivity contribution in [3.05, 3.63) is 47.9 Å². The Morgan fingerprint density at radius 3 is 2.61 bits per heavy atom. The van der Waals surface area contributed by atoms with Crippen LogP contribution in [0.15, 0.2) is 40.9 Å². The van der Waals surface area contributed by atoms with E-state index in [0.717, 1.165) is 5.69 Å². The third-order valence-electron chi connectivity index (χ3n) is 4.92. The van der Waals surface area contributed by atoms with Crippen LogP contribution in [0.4, 0.5) is 10.5 Å². The van der Waals surface area contributed by atoms with Crippen LogP contribution in [0.3, 0.4) is 0 Å². The van der Waals surface area contributed by atoms with E-state index in [-0.39, 0.29) is 36.5 Å². The van der Waals surface area contributed by atoms with Gasteiger partial charge in [0.1, 0.15) is 0 Å². The summed E-state index contributed by atoms with van der Waals surface area (Å²) in [5, 5.41) is 19.3. The molecule has 0 spiro atoms. The second-order valence-corrected chi connectivity index (χ2v) is 7.11. The van der Waals surface area contributed by atoms with Crippen LogP contribution in [-0.4, -0.2) is 47.9 Å². The topological polar surface area (TPSA) is 143 Å². The van der Waals surface area contributed by atoms with Crippen LogP contribution < -0.4 is 16.0 Å². The second-order valence-electron chi connectivity index (χ2n) is 7.11. The van der Waals surface area contributed by atoms with E-state index in [9.17, 15) is 9.59 Å². The zero-order chi connectivity index (χ0) is 22.6. The van der Waals surface area contributed by atoms with E-state index in [4.69, 9.17) is 19.2 Å². The molecule has 3 amide bonds. The zero-order valence-electron chi connectivity index (χ0n) is 17.5. The van der Waals surface area contributed by atoms with Crippen molar-refractivity contribution in [3.8, 4) is 0 Å². The van der Waals surface area contributed by atoms with Gasteiger partial charge in [-0.05, 0) is 38.3 Å². The number of carbonyl (C=O) groups is 3. The standard InChI is InChI=1S/C20H26N4O4.CH2O2/c1-13-10-16(28-24-13)12-21-19(25)14-8-9-18(27-2)17(11-14)23-20(26)22-15-6-4-3-5-7-15;2-1-3/h3-7,10,14,17-18H,8-9,11-12H2,1-2H3,(H,21,25)(H2,22,23,26);1H,(H,2,3)/t14-,17+,18+;/m0./s1. The Labute approximate surface area is 180 Å². The minimum Gasteiger partial charge on any atom is -0.483 e. The first-order valence-corrected chi connectivity index (χ1v) is 9.90. The van der Waals surface area contributed by atoms with E-state index < -0.39 is 0 Å². The fourth-order valence-corrected chi connectivity index (χ4v) is 3.49. The van der Waals surface area contributed by atoms with Gasteiger partial charge in [0, 0.05) is 24.8 Å². The maximum Gasteiger partial charge on any atom is 0.319 e. The molecule has 1 aromatic heterocycles. The Morgan fingerprint density at radius 2 is 2.00 bits per heavy atom. The monoisotopic (exact) mass is 432 g/mol. The molecule has 0 bridgehead atoms. The molecule has 0 aliphatic heterocycles. The largest absolute Gasteiger partial charge is 0.483 e. The number of urea groups is 1. The maximum atomic E-state index is 12.6. The van der Waals surface area contributed by atoms with Crippen molar-refractivity contribution in [1.29, 1.82) is 0 Å². The van der Waals surface area contributed by atoms with Crippen LogP contribution in [0, 0.1) is 12.8 Å². The van der Waals surface area contributed by atoms with E-state index in [1.807, 2.05) is 37.3 Å². The lowest BCUT2D eigenvalue weighted by Gasteiger charge is -2.35. The van der Waals surface area contributed by atoms with Crippen molar-refractivity contribution < 1.29 is 28.8 Å². The highest BCUT2D eigenvalue weighted by Crippen LogP contribution is 2.27. The number of aromatic nitrogens is 1. The number of hydrogen-bond acceptors (Lipinski definition) is 6. The molecule has 3 atom stereocenters. The molecule has 1 saturated carbocycles. The summed E-state index contributed by atoms with van der Waals surface area (Å²) in [5.41, 5.74) is 1.49. The molecule has 0 radical (unpaired) electrons. The molecule has 0 unspecified atom stereocenters. The lowest BCUT2D eigenvalue weighted by molar-refractivity contribution is -0.127. The highest BCUT2D eigenvalue weighted by molar-refractivity contribution is 5.89. The van der Waals surface area contributed by atoms with Crippen molar-refractivity contribution in [2.75, 3.05) is 12.4 Å². The van der Waals surface area contributed by atoms with Crippen LogP contribution in [-0.2, 0) is 20.9 Å². The van der Waals surface area contributed by atoms with Gasteiger partial charge in [-0.2, -0.15) is 0 Å². The minimum atomic E-state index is -0.309. The highest BCUT2D eigenvalue weighted by Gasteiger charge is 2.35. The summed E-state index contributed by atoms with van der Waals surface area (Å²) >= 11 is 0. The summed E-state index contributed by atoms with van der Waals surface area (Å²) in [6.07, 6.45) is 1.80. The molecule has 1 heterocycles. The molecular weight excluding hydrogens is 404 g/mol. The summed E-state index contributed by atoms with van der Waals surface area (Å²) < 4.78 is 10.6. The predicted molar refractivity (Wildman–Crippen MR) is 112 cm³/mol. The second kappa shape index (κ2) is 12.3. The predicted octanol–water partition coefficient (Wildman–Crippen LogP) is 2.31. The molecule has 31 heavy (non-hydrogen) atoms. The number of methoxy groups -OCH3 is 1. The molecule has 3 rings (SSSR count). The summed E-state index contributed by atoms with van der Waals surface area (Å²) in [5.74, 6) is 0.365. The van der Waals surface area contributed by atoms with Gasteiger partial charge in [-0.3, -0.25) is 9.59 Å². The first-order valence-electron chi connectivity index (χ1n) is 9.90. The SMILES string of the molecule is CO[C@@H]1CC[C@H](C(=O)NCc2cc(C)no2)C[C@H]1NC(=O)Nc1ccccc1.O=CO. The number of hydrogen-bond donors (Lipinski definition) is 4. The van der Waals surface area contributed by atoms with Gasteiger partial charge in [0.05, 0.1) is 24.4 Å². The van der Waals surface area contributed by atoms with Crippen LogP contribution in [0.2, 0.25) is 0 Å². The maximum absolute atomic E-state index is 12.6. The van der Waals surface area contributed by atoms with Gasteiger partial charge in [0.2, 0.25) is 5.91 Å². The van der Waals surface area contributed by atoms with E-state index in [1.54, 1.807) is 13.2 Å². The van der Waals surface area contributed by atoms with Crippen molar-refractivity contribution in [3.63, 3.8) is 0 Å². The zero-order valence-corrected chi connectivity index (χ0v) is 17.5. The Bertz CT molecular complexity index is 841. The lowest BCUT2D eigenvalue weighted by atomic mass is 9.83. The number of rotatable bonds is 6. The molecule has 1 aliphatic rings. The van der Waals surface area contributed by atoms with Crippen LogP contribution in [0.1, 0.15) is 30.7 Å². The van der Waals surface area contributed by atoms with Crippen LogP contribution in [0.5, 0.6) is 0 Å². The summed E-state index contributed by atoms with van der Waals surface area (Å²) in [4.78, 5) is 33.2. The fraction of sp³-hybridized carbons (Fsp3) is 0.429. The van der Waals surface area contributed by atoms with Gasteiger partial charge < -0.3 is 30.3 Å². The summed E-state index contributed by atoms with van der Waals surface area (Å²) in [6.45, 7) is 1.88. The molecule has 2 aromatic rings. The number of carboxylic acid groups (broad SMARTS) is 1. The van der Waals surface area contributed by atoms with Crippen molar-refractivity contribution in [1.82, 2.24) is 15.8 Å². The lowest BCUT2D eigenvalue weighted by Crippen LogP contribution is -2.51. The van der Waals surface area contributed by atoms with Crippen molar-refractivity contribution in [2.45, 2.75) is 44.9 Å². The molecule has 4 N–H and O–H groups in total. The van der Waals surface area contributed by atoms with E-state index >= 15 is 0 Å². The Hall–Kier alpha value is -3.40. The number of ether oxygens (including phenoxy) is 1. The Morgan fingerprint density at radius 1 is 1.29 bits per heavy atom. The number of carbonyl (C=O) groups excluding carboxylic acids is 2. The number of nitrogens with zero attached hydrogens (tertiary/aromatic N) is 1. The fourth-order valence-electron chi connectivity index (χ4n) is 3.49. The van der Waals surface area contributed by atoms with E-state index in [1.165, 1.54) is 0 Å². The third kappa shape index (κ3) is 7.74. The molecule has 10 nitrogen and oxygen atoms in total. The van der Waals surface area contributed by atoms with Crippen LogP contribution >= 0.6 is 0 Å². The van der Waals surface area contributed by atoms with Crippen molar-refractivity contribution >= 4 is 24.1 Å². The average molecular weight is 432 g/mol. The molecule has 0 saturated heterocycles. The van der Waals surface area contributed by atoms with Gasteiger partial charge in [0.15, 0.2) is 5.76 Å². The third-order valence-corrected chi connectivity index (χ3v) is 4.92. The van der Waals surface area contributed by atoms with Gasteiger partial charge in [-0.15, -0.1) is 0 Å². The molecule has 1 fully saturated rings. The minimum absolute atomic E-state index is 0.0566. The smallest absolute Gasteiger partial charge is 0.319 e. The molecular formula is C21H28N4O6. The van der Waals surface area contributed by atoms with Crippen LogP contribution in [0.25, 0.3) is 0 Å². The number of amides is 3. The van der Waals surface area contributed by atoms with Gasteiger partial charge >= 0.3 is 6.03 Å². The van der Waals surface area contributed by atoms with Gasteiger partial charge in [0.25, 0.3) is 6.47 Å². The molecule has 1 aliphatic carbocycles. The molecule has 168 valence electrons. The number of para-hydroxylation sites is 1. The normalized spacial score (nSPS) is 20.0. The first-order chi connectivity index (χ1) is 15.0. The molecule has 1 aromatic carbocycles. The van der Waals surface area contributed by atoms with Gasteiger partial charge in [-0.1, -0.05) is 23.4 Å². The summed E-state index contributed by atoms with van der Waals surface area (Å²) in [6, 6.07) is 10.5. The number of anilines is 1. The Balaban J connectivity index is 0.00000107.